The van der Waals surface area contributed by atoms with Gasteiger partial charge in [-0.2, -0.15) is 0 Å². The molecule has 1 heterocycles. The average molecular weight is 275 g/mol. The number of carbonyl (C=O) groups is 1. The van der Waals surface area contributed by atoms with E-state index in [-0.39, 0.29) is 11.4 Å². The third kappa shape index (κ3) is 4.22. The molecule has 2 N–H and O–H groups in total. The Bertz CT molecular complexity index is 459. The third-order valence-corrected chi connectivity index (χ3v) is 3.73. The lowest BCUT2D eigenvalue weighted by atomic mass is 9.91. The molecule has 0 aromatic carbocycles. The summed E-state index contributed by atoms with van der Waals surface area (Å²) in [5.41, 5.74) is 1.77. The normalized spacial score (nSPS) is 16.8. The van der Waals surface area contributed by atoms with Gasteiger partial charge in [-0.15, -0.1) is 0 Å². The average Bonchev–Trinajstić information content (AvgIpc) is 2.39. The van der Waals surface area contributed by atoms with E-state index in [0.29, 0.717) is 6.04 Å². The van der Waals surface area contributed by atoms with E-state index in [1.54, 1.807) is 6.20 Å². The van der Waals surface area contributed by atoms with Gasteiger partial charge in [-0.25, -0.2) is 4.79 Å². The number of nitrogens with one attached hydrogen (secondary N) is 2. The molecule has 1 aliphatic carbocycles. The maximum Gasteiger partial charge on any atom is 0.319 e. The fraction of sp³-hybridized carbons (Fsp3) is 0.625. The van der Waals surface area contributed by atoms with Gasteiger partial charge in [0.05, 0.1) is 0 Å². The summed E-state index contributed by atoms with van der Waals surface area (Å²) in [6.07, 6.45) is 7.66. The Morgan fingerprint density at radius 1 is 1.25 bits per heavy atom. The quantitative estimate of drug-likeness (QED) is 0.861. The summed E-state index contributed by atoms with van der Waals surface area (Å²) in [6, 6.07) is 3.99. The highest BCUT2D eigenvalue weighted by molar-refractivity contribution is 5.89. The van der Waals surface area contributed by atoms with Crippen LogP contribution in [0.25, 0.3) is 0 Å². The maximum atomic E-state index is 12.0. The molecular weight excluding hydrogens is 250 g/mol. The zero-order chi connectivity index (χ0) is 14.6. The highest BCUT2D eigenvalue weighted by Crippen LogP contribution is 2.22. The van der Waals surface area contributed by atoms with Gasteiger partial charge in [-0.05, 0) is 25.0 Å². The lowest BCUT2D eigenvalue weighted by Crippen LogP contribution is -2.39. The Labute approximate surface area is 121 Å². The molecule has 1 aliphatic rings. The molecule has 1 aromatic heterocycles. The lowest BCUT2D eigenvalue weighted by molar-refractivity contribution is 0.244. The second-order valence-corrected chi connectivity index (χ2v) is 6.61. The Balaban J connectivity index is 1.93. The molecule has 2 amide bonds. The summed E-state index contributed by atoms with van der Waals surface area (Å²) in [5, 5.41) is 5.97. The van der Waals surface area contributed by atoms with Gasteiger partial charge in [0.2, 0.25) is 0 Å². The van der Waals surface area contributed by atoms with E-state index in [4.69, 9.17) is 0 Å². The zero-order valence-electron chi connectivity index (χ0n) is 12.7. The Morgan fingerprint density at radius 2 is 1.95 bits per heavy atom. The van der Waals surface area contributed by atoms with Crippen molar-refractivity contribution < 1.29 is 4.79 Å². The fourth-order valence-electron chi connectivity index (χ4n) is 2.52. The number of anilines is 1. The molecule has 0 aliphatic heterocycles. The van der Waals surface area contributed by atoms with Gasteiger partial charge in [-0.1, -0.05) is 40.0 Å². The molecule has 4 nitrogen and oxygen atoms in total. The molecule has 0 radical (unpaired) electrons. The van der Waals surface area contributed by atoms with Gasteiger partial charge in [-0.3, -0.25) is 4.98 Å². The first-order valence-corrected chi connectivity index (χ1v) is 7.49. The highest BCUT2D eigenvalue weighted by Gasteiger charge is 2.17. The van der Waals surface area contributed by atoms with Crippen molar-refractivity contribution in [1.82, 2.24) is 10.3 Å². The van der Waals surface area contributed by atoms with Crippen LogP contribution in [0.2, 0.25) is 0 Å². The van der Waals surface area contributed by atoms with Crippen LogP contribution in [0.3, 0.4) is 0 Å². The van der Waals surface area contributed by atoms with Crippen LogP contribution in [0.5, 0.6) is 0 Å². The summed E-state index contributed by atoms with van der Waals surface area (Å²) >= 11 is 0. The minimum absolute atomic E-state index is 0.0163. The molecule has 0 bridgehead atoms. The lowest BCUT2D eigenvalue weighted by Gasteiger charge is -2.23. The van der Waals surface area contributed by atoms with Crippen LogP contribution >= 0.6 is 0 Å². The third-order valence-electron chi connectivity index (χ3n) is 3.73. The van der Waals surface area contributed by atoms with Gasteiger partial charge < -0.3 is 10.6 Å². The van der Waals surface area contributed by atoms with Gasteiger partial charge in [0.1, 0.15) is 0 Å². The standard InChI is InChI=1S/C16H25N3O/c1-16(2,3)14-11-13(9-10-17-14)19-15(20)18-12-7-5-4-6-8-12/h9-12H,4-8H2,1-3H3,(H2,17,18,19,20). The Morgan fingerprint density at radius 3 is 2.60 bits per heavy atom. The summed E-state index contributed by atoms with van der Waals surface area (Å²) in [5.74, 6) is 0. The number of pyridine rings is 1. The summed E-state index contributed by atoms with van der Waals surface area (Å²) in [6.45, 7) is 6.34. The SMILES string of the molecule is CC(C)(C)c1cc(NC(=O)NC2CCCCC2)ccn1. The smallest absolute Gasteiger partial charge is 0.319 e. The van der Waals surface area contributed by atoms with Crippen molar-refractivity contribution >= 4 is 11.7 Å². The molecule has 20 heavy (non-hydrogen) atoms. The maximum absolute atomic E-state index is 12.0. The fourth-order valence-corrected chi connectivity index (χ4v) is 2.52. The first kappa shape index (κ1) is 14.8. The van der Waals surface area contributed by atoms with E-state index in [9.17, 15) is 4.79 Å². The minimum Gasteiger partial charge on any atom is -0.335 e. The van der Waals surface area contributed by atoms with Gasteiger partial charge >= 0.3 is 6.03 Å². The Hall–Kier alpha value is -1.58. The van der Waals surface area contributed by atoms with Crippen molar-refractivity contribution in [3.05, 3.63) is 24.0 Å². The number of hydrogen-bond acceptors (Lipinski definition) is 2. The molecular formula is C16H25N3O. The van der Waals surface area contributed by atoms with Gasteiger partial charge in [0, 0.05) is 29.0 Å². The van der Waals surface area contributed by atoms with Crippen LogP contribution < -0.4 is 10.6 Å². The van der Waals surface area contributed by atoms with Crippen LogP contribution in [0.1, 0.15) is 58.6 Å². The predicted molar refractivity (Wildman–Crippen MR) is 82.0 cm³/mol. The first-order valence-electron chi connectivity index (χ1n) is 7.49. The molecule has 0 unspecified atom stereocenters. The van der Waals surface area contributed by atoms with Crippen molar-refractivity contribution in [1.29, 1.82) is 0 Å². The highest BCUT2D eigenvalue weighted by atomic mass is 16.2. The van der Waals surface area contributed by atoms with Gasteiger partial charge in [0.25, 0.3) is 0 Å². The first-order chi connectivity index (χ1) is 9.45. The van der Waals surface area contributed by atoms with Crippen LogP contribution in [0, 0.1) is 0 Å². The molecule has 2 rings (SSSR count). The van der Waals surface area contributed by atoms with Crippen molar-refractivity contribution in [3.63, 3.8) is 0 Å². The minimum atomic E-state index is -0.108. The van der Waals surface area contributed by atoms with Crippen molar-refractivity contribution in [2.24, 2.45) is 0 Å². The van der Waals surface area contributed by atoms with Crippen molar-refractivity contribution in [3.8, 4) is 0 Å². The van der Waals surface area contributed by atoms with Crippen molar-refractivity contribution in [2.75, 3.05) is 5.32 Å². The molecule has 1 aromatic rings. The largest absolute Gasteiger partial charge is 0.335 e. The van der Waals surface area contributed by atoms with Crippen LogP contribution in [0.4, 0.5) is 10.5 Å². The Kier molecular flexibility index (Phi) is 4.63. The summed E-state index contributed by atoms with van der Waals surface area (Å²) in [7, 11) is 0. The molecule has 0 atom stereocenters. The second kappa shape index (κ2) is 6.25. The number of amides is 2. The number of hydrogen-bond donors (Lipinski definition) is 2. The molecule has 1 fully saturated rings. The number of nitrogens with zero attached hydrogens (tertiary/aromatic N) is 1. The number of carbonyl (C=O) groups excluding carboxylic acids is 1. The zero-order valence-corrected chi connectivity index (χ0v) is 12.7. The van der Waals surface area contributed by atoms with Crippen LogP contribution in [0.15, 0.2) is 18.3 Å². The summed E-state index contributed by atoms with van der Waals surface area (Å²) in [4.78, 5) is 16.4. The molecule has 110 valence electrons. The summed E-state index contributed by atoms with van der Waals surface area (Å²) < 4.78 is 0. The number of aromatic nitrogens is 1. The van der Waals surface area contributed by atoms with E-state index in [2.05, 4.69) is 36.4 Å². The van der Waals surface area contributed by atoms with Gasteiger partial charge in [0.15, 0.2) is 0 Å². The molecule has 0 spiro atoms. The number of urea groups is 1. The van der Waals surface area contributed by atoms with Crippen LogP contribution in [-0.4, -0.2) is 17.1 Å². The van der Waals surface area contributed by atoms with Crippen molar-refractivity contribution in [2.45, 2.75) is 64.3 Å². The van der Waals surface area contributed by atoms with E-state index in [1.807, 2.05) is 12.1 Å². The molecule has 4 heteroatoms. The predicted octanol–water partition coefficient (Wildman–Crippen LogP) is 3.83. The van der Waals surface area contributed by atoms with E-state index >= 15 is 0 Å². The second-order valence-electron chi connectivity index (χ2n) is 6.61. The van der Waals surface area contributed by atoms with E-state index in [0.717, 1.165) is 24.2 Å². The topological polar surface area (TPSA) is 54.0 Å². The van der Waals surface area contributed by atoms with E-state index < -0.39 is 0 Å². The molecule has 0 saturated heterocycles. The monoisotopic (exact) mass is 275 g/mol. The van der Waals surface area contributed by atoms with E-state index in [1.165, 1.54) is 19.3 Å². The molecule has 1 saturated carbocycles. The van der Waals surface area contributed by atoms with Crippen LogP contribution in [-0.2, 0) is 5.41 Å². The number of rotatable bonds is 2.